The lowest BCUT2D eigenvalue weighted by Gasteiger charge is -1.93. The molecule has 1 aromatic rings. The van der Waals surface area contributed by atoms with Crippen molar-refractivity contribution in [1.29, 1.82) is 0 Å². The van der Waals surface area contributed by atoms with E-state index in [4.69, 9.17) is 5.11 Å². The molecule has 0 unspecified atom stereocenters. The Morgan fingerprint density at radius 3 is 3.18 bits per heavy atom. The van der Waals surface area contributed by atoms with Crippen LogP contribution in [0.5, 0.6) is 0 Å². The average molecular weight is 172 g/mol. The molecule has 0 spiro atoms. The lowest BCUT2D eigenvalue weighted by atomic mass is 10.3. The second-order valence-electron chi connectivity index (χ2n) is 1.97. The number of hydrogen-bond donors (Lipinski definition) is 2. The van der Waals surface area contributed by atoms with Gasteiger partial charge in [0.25, 0.3) is 0 Å². The van der Waals surface area contributed by atoms with Gasteiger partial charge in [-0.05, 0) is 6.26 Å². The molecule has 11 heavy (non-hydrogen) atoms. The van der Waals surface area contributed by atoms with Crippen molar-refractivity contribution < 1.29 is 9.90 Å². The van der Waals surface area contributed by atoms with E-state index in [0.717, 1.165) is 0 Å². The molecule has 0 aliphatic carbocycles. The van der Waals surface area contributed by atoms with Crippen molar-refractivity contribution >= 4 is 17.7 Å². The van der Waals surface area contributed by atoms with Gasteiger partial charge in [-0.2, -0.15) is 11.8 Å². The fraction of sp³-hybridized carbons (Fsp3) is 0.333. The molecule has 0 aliphatic heterocycles. The maximum absolute atomic E-state index is 10.5. The summed E-state index contributed by atoms with van der Waals surface area (Å²) in [6.07, 6.45) is 3.31. The van der Waals surface area contributed by atoms with E-state index in [1.165, 1.54) is 6.33 Å². The lowest BCUT2D eigenvalue weighted by molar-refractivity contribution is 0.0690. The van der Waals surface area contributed by atoms with Crippen LogP contribution in [0.4, 0.5) is 0 Å². The van der Waals surface area contributed by atoms with Gasteiger partial charge in [0.1, 0.15) is 0 Å². The Hall–Kier alpha value is -0.970. The summed E-state index contributed by atoms with van der Waals surface area (Å²) < 4.78 is 0. The number of imidazole rings is 1. The largest absolute Gasteiger partial charge is 0.476 e. The van der Waals surface area contributed by atoms with Gasteiger partial charge < -0.3 is 10.1 Å². The van der Waals surface area contributed by atoms with E-state index in [9.17, 15) is 4.79 Å². The van der Waals surface area contributed by atoms with Gasteiger partial charge in [-0.3, -0.25) is 0 Å². The Morgan fingerprint density at radius 2 is 2.64 bits per heavy atom. The first-order valence-electron chi connectivity index (χ1n) is 3.00. The Balaban J connectivity index is 2.87. The molecule has 0 aliphatic rings. The Bertz CT molecular complexity index is 259. The van der Waals surface area contributed by atoms with Gasteiger partial charge in [0.2, 0.25) is 0 Å². The average Bonchev–Trinajstić information content (AvgIpc) is 2.36. The number of thioether (sulfide) groups is 1. The number of carboxylic acid groups (broad SMARTS) is 1. The molecule has 1 aromatic heterocycles. The summed E-state index contributed by atoms with van der Waals surface area (Å²) in [5.41, 5.74) is 0.796. The van der Waals surface area contributed by atoms with Crippen LogP contribution in [0.25, 0.3) is 0 Å². The molecule has 0 amide bonds. The fourth-order valence-corrected chi connectivity index (χ4v) is 1.27. The minimum Gasteiger partial charge on any atom is -0.476 e. The third-order valence-corrected chi connectivity index (χ3v) is 1.79. The molecule has 1 heterocycles. The van der Waals surface area contributed by atoms with Crippen molar-refractivity contribution in [3.05, 3.63) is 17.7 Å². The molecule has 4 nitrogen and oxygen atoms in total. The minimum atomic E-state index is -0.977. The molecule has 0 radical (unpaired) electrons. The van der Waals surface area contributed by atoms with Crippen LogP contribution in [0.2, 0.25) is 0 Å². The van der Waals surface area contributed by atoms with E-state index in [0.29, 0.717) is 11.4 Å². The number of hydrogen-bond acceptors (Lipinski definition) is 3. The third-order valence-electron chi connectivity index (χ3n) is 1.21. The highest BCUT2D eigenvalue weighted by atomic mass is 32.2. The van der Waals surface area contributed by atoms with E-state index < -0.39 is 5.97 Å². The topological polar surface area (TPSA) is 66.0 Å². The van der Waals surface area contributed by atoms with Crippen molar-refractivity contribution in [3.63, 3.8) is 0 Å². The number of nitrogens with zero attached hydrogens (tertiary/aromatic N) is 1. The minimum absolute atomic E-state index is 0.124. The first kappa shape index (κ1) is 8.13. The molecule has 0 aromatic carbocycles. The van der Waals surface area contributed by atoms with E-state index in [1.807, 2.05) is 6.26 Å². The summed E-state index contributed by atoms with van der Waals surface area (Å²) in [4.78, 5) is 16.9. The van der Waals surface area contributed by atoms with E-state index in [-0.39, 0.29) is 5.69 Å². The molecule has 1 rings (SSSR count). The van der Waals surface area contributed by atoms with Crippen LogP contribution in [0.15, 0.2) is 6.33 Å². The van der Waals surface area contributed by atoms with Crippen molar-refractivity contribution in [1.82, 2.24) is 9.97 Å². The molecule has 5 heteroatoms. The summed E-state index contributed by atoms with van der Waals surface area (Å²) in [7, 11) is 0. The van der Waals surface area contributed by atoms with Gasteiger partial charge in [-0.25, -0.2) is 9.78 Å². The zero-order chi connectivity index (χ0) is 8.27. The van der Waals surface area contributed by atoms with Crippen molar-refractivity contribution in [2.45, 2.75) is 5.75 Å². The van der Waals surface area contributed by atoms with Crippen molar-refractivity contribution in [3.8, 4) is 0 Å². The number of aromatic carboxylic acids is 1. The predicted octanol–water partition coefficient (Wildman–Crippen LogP) is 0.971. The quantitative estimate of drug-likeness (QED) is 0.713. The van der Waals surface area contributed by atoms with Crippen LogP contribution < -0.4 is 0 Å². The zero-order valence-electron chi connectivity index (χ0n) is 6.00. The molecule has 2 N–H and O–H groups in total. The normalized spacial score (nSPS) is 9.91. The van der Waals surface area contributed by atoms with Gasteiger partial charge >= 0.3 is 5.97 Å². The second kappa shape index (κ2) is 3.43. The number of nitrogens with one attached hydrogen (secondary N) is 1. The van der Waals surface area contributed by atoms with E-state index in [1.54, 1.807) is 11.8 Å². The van der Waals surface area contributed by atoms with Crippen molar-refractivity contribution in [2.24, 2.45) is 0 Å². The predicted molar refractivity (Wildman–Crippen MR) is 42.8 cm³/mol. The van der Waals surface area contributed by atoms with Crippen LogP contribution in [0.1, 0.15) is 16.2 Å². The van der Waals surface area contributed by atoms with Gasteiger partial charge in [-0.1, -0.05) is 0 Å². The SMILES string of the molecule is CSCc1[nH]cnc1C(=O)O. The number of rotatable bonds is 3. The zero-order valence-corrected chi connectivity index (χ0v) is 6.81. The molecule has 0 atom stereocenters. The number of H-pyrrole nitrogens is 1. The molecule has 60 valence electrons. The summed E-state index contributed by atoms with van der Waals surface area (Å²) in [5, 5.41) is 8.59. The summed E-state index contributed by atoms with van der Waals surface area (Å²) in [6, 6.07) is 0. The monoisotopic (exact) mass is 172 g/mol. The highest BCUT2D eigenvalue weighted by molar-refractivity contribution is 7.97. The summed E-state index contributed by atoms with van der Waals surface area (Å²) in [6.45, 7) is 0. The highest BCUT2D eigenvalue weighted by Gasteiger charge is 2.11. The maximum atomic E-state index is 10.5. The maximum Gasteiger partial charge on any atom is 0.356 e. The molecule has 0 fully saturated rings. The first-order valence-corrected chi connectivity index (χ1v) is 4.39. The Labute approximate surface area is 68.0 Å². The number of carboxylic acids is 1. The first-order chi connectivity index (χ1) is 5.25. The molecule has 0 bridgehead atoms. The number of carbonyl (C=O) groups is 1. The van der Waals surface area contributed by atoms with Crippen LogP contribution in [0.3, 0.4) is 0 Å². The molecular formula is C6H8N2O2S. The van der Waals surface area contributed by atoms with E-state index >= 15 is 0 Å². The standard InChI is InChI=1S/C6H8N2O2S/c1-11-2-4-5(6(9)10)8-3-7-4/h3H,2H2,1H3,(H,7,8)(H,9,10). The Kier molecular flexibility index (Phi) is 2.53. The Morgan fingerprint density at radius 1 is 1.91 bits per heavy atom. The summed E-state index contributed by atoms with van der Waals surface area (Å²) in [5.74, 6) is -0.322. The van der Waals surface area contributed by atoms with Gasteiger partial charge in [0, 0.05) is 5.75 Å². The lowest BCUT2D eigenvalue weighted by Crippen LogP contribution is -2.00. The highest BCUT2D eigenvalue weighted by Crippen LogP contribution is 2.09. The van der Waals surface area contributed by atoms with Gasteiger partial charge in [0.15, 0.2) is 5.69 Å². The van der Waals surface area contributed by atoms with Crippen LogP contribution in [-0.4, -0.2) is 27.3 Å². The number of aromatic nitrogens is 2. The van der Waals surface area contributed by atoms with Crippen LogP contribution >= 0.6 is 11.8 Å². The van der Waals surface area contributed by atoms with E-state index in [2.05, 4.69) is 9.97 Å². The van der Waals surface area contributed by atoms with Gasteiger partial charge in [0.05, 0.1) is 12.0 Å². The molecule has 0 saturated carbocycles. The van der Waals surface area contributed by atoms with Gasteiger partial charge in [-0.15, -0.1) is 0 Å². The summed E-state index contributed by atoms with van der Waals surface area (Å²) >= 11 is 1.56. The van der Waals surface area contributed by atoms with Crippen LogP contribution in [0, 0.1) is 0 Å². The van der Waals surface area contributed by atoms with Crippen LogP contribution in [-0.2, 0) is 5.75 Å². The molecular weight excluding hydrogens is 164 g/mol. The number of aromatic amines is 1. The second-order valence-corrected chi connectivity index (χ2v) is 2.83. The fourth-order valence-electron chi connectivity index (χ4n) is 0.760. The smallest absolute Gasteiger partial charge is 0.356 e. The third kappa shape index (κ3) is 1.74. The molecule has 0 saturated heterocycles. The van der Waals surface area contributed by atoms with Crippen molar-refractivity contribution in [2.75, 3.05) is 6.26 Å².